The summed E-state index contributed by atoms with van der Waals surface area (Å²) in [4.78, 5) is 6.72. The van der Waals surface area contributed by atoms with Gasteiger partial charge in [-0.25, -0.2) is 8.42 Å². The molecular formula is C29H31N5O3S2. The van der Waals surface area contributed by atoms with Crippen molar-refractivity contribution >= 4 is 38.7 Å². The van der Waals surface area contributed by atoms with Crippen molar-refractivity contribution in [3.63, 3.8) is 0 Å². The van der Waals surface area contributed by atoms with Crippen molar-refractivity contribution in [2.45, 2.75) is 32.9 Å². The highest BCUT2D eigenvalue weighted by Crippen LogP contribution is 2.45. The van der Waals surface area contributed by atoms with Crippen molar-refractivity contribution in [1.29, 1.82) is 0 Å². The van der Waals surface area contributed by atoms with E-state index in [4.69, 9.17) is 17.0 Å². The van der Waals surface area contributed by atoms with Crippen LogP contribution in [0, 0.1) is 20.8 Å². The van der Waals surface area contributed by atoms with Crippen LogP contribution in [-0.4, -0.2) is 36.4 Å². The molecule has 10 heteroatoms. The lowest BCUT2D eigenvalue weighted by atomic mass is 9.96. The molecule has 2 N–H and O–H groups in total. The smallest absolute Gasteiger partial charge is 0.229 e. The quantitative estimate of drug-likeness (QED) is 0.294. The molecule has 1 saturated heterocycles. The minimum Gasteiger partial charge on any atom is -0.494 e. The molecule has 0 unspecified atom stereocenters. The summed E-state index contributed by atoms with van der Waals surface area (Å²) in [6, 6.07) is 21.4. The van der Waals surface area contributed by atoms with Gasteiger partial charge in [0, 0.05) is 35.0 Å². The molecule has 1 aliphatic rings. The minimum absolute atomic E-state index is 0.217. The first-order chi connectivity index (χ1) is 18.6. The molecule has 39 heavy (non-hydrogen) atoms. The first-order valence-corrected chi connectivity index (χ1v) is 14.8. The van der Waals surface area contributed by atoms with E-state index in [0.29, 0.717) is 16.5 Å². The number of sulfonamides is 1. The fraction of sp³-hybridized carbons (Fsp3) is 0.241. The molecule has 0 aliphatic carbocycles. The van der Waals surface area contributed by atoms with Gasteiger partial charge < -0.3 is 19.5 Å². The maximum atomic E-state index is 11.9. The zero-order valence-electron chi connectivity index (χ0n) is 22.5. The van der Waals surface area contributed by atoms with E-state index >= 15 is 0 Å². The third-order valence-electron chi connectivity index (χ3n) is 6.94. The second-order valence-corrected chi connectivity index (χ2v) is 11.9. The van der Waals surface area contributed by atoms with Crippen molar-refractivity contribution in [2.24, 2.45) is 0 Å². The molecule has 4 aromatic rings. The van der Waals surface area contributed by atoms with Crippen LogP contribution >= 0.6 is 12.2 Å². The Bertz CT molecular complexity index is 1630. The van der Waals surface area contributed by atoms with E-state index in [2.05, 4.69) is 75.6 Å². The molecule has 1 aliphatic heterocycles. The summed E-state index contributed by atoms with van der Waals surface area (Å²) >= 11 is 5.90. The Morgan fingerprint density at radius 3 is 2.36 bits per heavy atom. The van der Waals surface area contributed by atoms with E-state index in [1.165, 1.54) is 12.7 Å². The van der Waals surface area contributed by atoms with Crippen LogP contribution in [0.2, 0.25) is 0 Å². The van der Waals surface area contributed by atoms with Crippen LogP contribution in [0.15, 0.2) is 72.9 Å². The van der Waals surface area contributed by atoms with Crippen LogP contribution in [0.5, 0.6) is 5.75 Å². The Labute approximate surface area is 234 Å². The van der Waals surface area contributed by atoms with Crippen LogP contribution in [0.3, 0.4) is 0 Å². The van der Waals surface area contributed by atoms with E-state index in [0.717, 1.165) is 40.3 Å². The molecule has 2 aromatic carbocycles. The number of nitrogens with one attached hydrogen (secondary N) is 2. The monoisotopic (exact) mass is 561 g/mol. The van der Waals surface area contributed by atoms with Crippen LogP contribution in [0.1, 0.15) is 40.3 Å². The lowest BCUT2D eigenvalue weighted by molar-refractivity contribution is 0.417. The Balaban J connectivity index is 1.66. The molecule has 3 heterocycles. The fourth-order valence-electron chi connectivity index (χ4n) is 5.24. The van der Waals surface area contributed by atoms with Gasteiger partial charge in [-0.3, -0.25) is 9.71 Å². The van der Waals surface area contributed by atoms with Crippen LogP contribution in [0.4, 0.5) is 11.4 Å². The van der Waals surface area contributed by atoms with Crippen molar-refractivity contribution in [1.82, 2.24) is 14.9 Å². The Hall–Kier alpha value is -3.89. The maximum Gasteiger partial charge on any atom is 0.229 e. The number of thiocarbonyl (C=S) groups is 1. The largest absolute Gasteiger partial charge is 0.494 e. The molecule has 5 rings (SSSR count). The molecule has 0 spiro atoms. The first kappa shape index (κ1) is 26.7. The second-order valence-electron chi connectivity index (χ2n) is 9.75. The normalized spacial score (nSPS) is 17.3. The van der Waals surface area contributed by atoms with Gasteiger partial charge in [-0.2, -0.15) is 0 Å². The number of rotatable bonds is 7. The summed E-state index contributed by atoms with van der Waals surface area (Å²) in [6.07, 6.45) is 2.89. The number of aromatic nitrogens is 2. The SMILES string of the molecule is COc1cc(N2C(=S)N[C@H](c3ccccn3)[C@H]2c2cc(C)n(-c3ccc(C)cc3)c2C)ccc1NS(C)(=O)=O. The number of hydrogen-bond donors (Lipinski definition) is 2. The Morgan fingerprint density at radius 1 is 1.00 bits per heavy atom. The van der Waals surface area contributed by atoms with Gasteiger partial charge in [-0.15, -0.1) is 0 Å². The molecule has 0 amide bonds. The third kappa shape index (κ3) is 5.22. The maximum absolute atomic E-state index is 11.9. The molecule has 202 valence electrons. The van der Waals surface area contributed by atoms with Crippen molar-refractivity contribution in [2.75, 3.05) is 23.0 Å². The van der Waals surface area contributed by atoms with Gasteiger partial charge in [0.25, 0.3) is 0 Å². The zero-order chi connectivity index (χ0) is 27.9. The Kier molecular flexibility index (Phi) is 7.09. The molecule has 0 radical (unpaired) electrons. The van der Waals surface area contributed by atoms with Gasteiger partial charge in [0.1, 0.15) is 5.75 Å². The molecule has 1 fully saturated rings. The van der Waals surface area contributed by atoms with Crippen molar-refractivity contribution < 1.29 is 13.2 Å². The lowest BCUT2D eigenvalue weighted by Crippen LogP contribution is -2.29. The van der Waals surface area contributed by atoms with Crippen molar-refractivity contribution in [3.05, 3.63) is 101 Å². The number of nitrogens with zero attached hydrogens (tertiary/aromatic N) is 3. The third-order valence-corrected chi connectivity index (χ3v) is 7.84. The highest BCUT2D eigenvalue weighted by molar-refractivity contribution is 7.92. The predicted molar refractivity (Wildman–Crippen MR) is 159 cm³/mol. The first-order valence-electron chi connectivity index (χ1n) is 12.5. The van der Waals surface area contributed by atoms with E-state index in [1.807, 2.05) is 24.3 Å². The topological polar surface area (TPSA) is 88.5 Å². The second kappa shape index (κ2) is 10.3. The van der Waals surface area contributed by atoms with E-state index in [1.54, 1.807) is 18.3 Å². The van der Waals surface area contributed by atoms with Gasteiger partial charge in [0.15, 0.2) is 5.11 Å². The highest BCUT2D eigenvalue weighted by Gasteiger charge is 2.42. The Morgan fingerprint density at radius 2 is 1.72 bits per heavy atom. The molecule has 2 atom stereocenters. The summed E-state index contributed by atoms with van der Waals surface area (Å²) in [5.41, 5.74) is 7.60. The van der Waals surface area contributed by atoms with Gasteiger partial charge >= 0.3 is 0 Å². The molecule has 0 bridgehead atoms. The summed E-state index contributed by atoms with van der Waals surface area (Å²) in [5.74, 6) is 0.394. The van der Waals surface area contributed by atoms with Gasteiger partial charge in [-0.1, -0.05) is 23.8 Å². The fourth-order valence-corrected chi connectivity index (χ4v) is 6.16. The summed E-state index contributed by atoms with van der Waals surface area (Å²) in [6.45, 7) is 6.30. The standard InChI is InChI=1S/C29H31N5O3S2/c1-18-9-11-21(12-10-18)33-19(2)16-23(20(33)3)28-27(25-8-6-7-15-30-25)31-29(38)34(28)22-13-14-24(26(17-22)37-4)32-39(5,35)36/h6-17,27-28,32H,1-5H3,(H,31,38)/t27-,28-/m1/s1. The number of anilines is 2. The lowest BCUT2D eigenvalue weighted by Gasteiger charge is -2.29. The summed E-state index contributed by atoms with van der Waals surface area (Å²) in [5, 5.41) is 4.04. The average Bonchev–Trinajstić information content (AvgIpc) is 3.39. The minimum atomic E-state index is -3.48. The van der Waals surface area contributed by atoms with E-state index in [9.17, 15) is 8.42 Å². The van der Waals surface area contributed by atoms with Crippen LogP contribution in [-0.2, 0) is 10.0 Å². The van der Waals surface area contributed by atoms with Crippen LogP contribution < -0.4 is 19.7 Å². The van der Waals surface area contributed by atoms with E-state index in [-0.39, 0.29) is 12.1 Å². The number of methoxy groups -OCH3 is 1. The molecule has 0 saturated carbocycles. The molecule has 8 nitrogen and oxygen atoms in total. The van der Waals surface area contributed by atoms with Gasteiger partial charge in [-0.05, 0) is 81.0 Å². The average molecular weight is 562 g/mol. The van der Waals surface area contributed by atoms with Crippen molar-refractivity contribution in [3.8, 4) is 11.4 Å². The zero-order valence-corrected chi connectivity index (χ0v) is 24.1. The van der Waals surface area contributed by atoms with E-state index < -0.39 is 10.0 Å². The summed E-state index contributed by atoms with van der Waals surface area (Å²) in [7, 11) is -1.97. The van der Waals surface area contributed by atoms with Gasteiger partial charge in [0.2, 0.25) is 10.0 Å². The van der Waals surface area contributed by atoms with Crippen LogP contribution in [0.25, 0.3) is 5.69 Å². The number of benzene rings is 2. The number of aryl methyl sites for hydroxylation is 2. The number of pyridine rings is 1. The number of ether oxygens (including phenoxy) is 1. The molecular weight excluding hydrogens is 530 g/mol. The highest BCUT2D eigenvalue weighted by atomic mass is 32.2. The predicted octanol–water partition coefficient (Wildman–Crippen LogP) is 5.35. The molecule has 2 aromatic heterocycles. The van der Waals surface area contributed by atoms with Gasteiger partial charge in [0.05, 0.1) is 36.8 Å². The number of hydrogen-bond acceptors (Lipinski definition) is 5. The summed E-state index contributed by atoms with van der Waals surface area (Å²) < 4.78 is 34.1.